The third kappa shape index (κ3) is 2.78. The third-order valence-corrected chi connectivity index (χ3v) is 2.89. The summed E-state index contributed by atoms with van der Waals surface area (Å²) >= 11 is 6.00. The Labute approximate surface area is 109 Å². The zero-order valence-electron chi connectivity index (χ0n) is 9.47. The molecule has 2 aromatic carbocycles. The Morgan fingerprint density at radius 1 is 1.11 bits per heavy atom. The number of anilines is 1. The number of nitrogens with zero attached hydrogens (tertiary/aromatic N) is 1. The van der Waals surface area contributed by atoms with Crippen LogP contribution in [0.3, 0.4) is 0 Å². The van der Waals surface area contributed by atoms with Gasteiger partial charge in [0.1, 0.15) is 0 Å². The molecule has 18 heavy (non-hydrogen) atoms. The van der Waals surface area contributed by atoms with E-state index in [1.54, 1.807) is 12.1 Å². The number of halogens is 1. The quantitative estimate of drug-likeness (QED) is 0.672. The molecule has 0 fully saturated rings. The summed E-state index contributed by atoms with van der Waals surface area (Å²) in [5, 5.41) is 14.4. The molecule has 0 radical (unpaired) electrons. The van der Waals surface area contributed by atoms with Gasteiger partial charge in [0.2, 0.25) is 0 Å². The second kappa shape index (κ2) is 5.51. The van der Waals surface area contributed by atoms with Crippen LogP contribution in [0.4, 0.5) is 11.4 Å². The number of nitrogens with one attached hydrogen (secondary N) is 1. The molecule has 0 aliphatic heterocycles. The molecule has 0 aromatic heterocycles. The summed E-state index contributed by atoms with van der Waals surface area (Å²) in [6, 6.07) is 14.2. The Hall–Kier alpha value is -2.07. The first kappa shape index (κ1) is 12.4. The van der Waals surface area contributed by atoms with Crippen molar-refractivity contribution >= 4 is 23.0 Å². The predicted molar refractivity (Wildman–Crippen MR) is 71.9 cm³/mol. The Morgan fingerprint density at radius 2 is 1.83 bits per heavy atom. The summed E-state index contributed by atoms with van der Waals surface area (Å²) in [4.78, 5) is 10.5. The third-order valence-electron chi connectivity index (χ3n) is 2.53. The number of hydrogen-bond donors (Lipinski definition) is 1. The van der Waals surface area contributed by atoms with Crippen LogP contribution in [-0.4, -0.2) is 4.92 Å². The maximum Gasteiger partial charge on any atom is 0.275 e. The van der Waals surface area contributed by atoms with Crippen LogP contribution < -0.4 is 5.32 Å². The molecule has 92 valence electrons. The fraction of sp³-hybridized carbons (Fsp3) is 0.0769. The first-order valence-electron chi connectivity index (χ1n) is 5.39. The highest BCUT2D eigenvalue weighted by Crippen LogP contribution is 2.26. The number of hydrogen-bond acceptors (Lipinski definition) is 3. The lowest BCUT2D eigenvalue weighted by Crippen LogP contribution is -2.03. The topological polar surface area (TPSA) is 55.2 Å². The van der Waals surface area contributed by atoms with E-state index in [2.05, 4.69) is 5.32 Å². The van der Waals surface area contributed by atoms with Crippen molar-refractivity contribution in [2.24, 2.45) is 0 Å². The molecule has 1 N–H and O–H groups in total. The average molecular weight is 263 g/mol. The molecule has 0 saturated heterocycles. The van der Waals surface area contributed by atoms with Gasteiger partial charge in [-0.1, -0.05) is 35.9 Å². The standard InChI is InChI=1S/C13H11ClN2O2/c14-12-7-4-8-13(16(17)18)11(12)9-15-10-5-2-1-3-6-10/h1-8,15H,9H2. The summed E-state index contributed by atoms with van der Waals surface area (Å²) in [6.07, 6.45) is 0. The monoisotopic (exact) mass is 262 g/mol. The molecule has 0 aliphatic rings. The van der Waals surface area contributed by atoms with Crippen LogP contribution in [0.1, 0.15) is 5.56 Å². The minimum atomic E-state index is -0.423. The van der Waals surface area contributed by atoms with Gasteiger partial charge in [0, 0.05) is 18.3 Å². The number of para-hydroxylation sites is 1. The molecule has 0 aliphatic carbocycles. The lowest BCUT2D eigenvalue weighted by atomic mass is 10.1. The van der Waals surface area contributed by atoms with Crippen molar-refractivity contribution in [1.29, 1.82) is 0 Å². The molecule has 0 unspecified atom stereocenters. The smallest absolute Gasteiger partial charge is 0.275 e. The van der Waals surface area contributed by atoms with E-state index in [1.807, 2.05) is 30.3 Å². The predicted octanol–water partition coefficient (Wildman–Crippen LogP) is 3.86. The summed E-state index contributed by atoms with van der Waals surface area (Å²) in [5.74, 6) is 0. The van der Waals surface area contributed by atoms with Crippen molar-refractivity contribution < 1.29 is 4.92 Å². The van der Waals surface area contributed by atoms with E-state index in [1.165, 1.54) is 6.07 Å². The van der Waals surface area contributed by atoms with E-state index >= 15 is 0 Å². The van der Waals surface area contributed by atoms with Crippen LogP contribution in [0, 0.1) is 10.1 Å². The van der Waals surface area contributed by atoms with Gasteiger partial charge in [-0.2, -0.15) is 0 Å². The Morgan fingerprint density at radius 3 is 2.50 bits per heavy atom. The first-order valence-corrected chi connectivity index (χ1v) is 5.77. The molecule has 0 saturated carbocycles. The normalized spacial score (nSPS) is 10.1. The van der Waals surface area contributed by atoms with Crippen LogP contribution in [0.5, 0.6) is 0 Å². The van der Waals surface area contributed by atoms with Gasteiger partial charge >= 0.3 is 0 Å². The molecule has 5 heteroatoms. The molecular weight excluding hydrogens is 252 g/mol. The molecular formula is C13H11ClN2O2. The van der Waals surface area contributed by atoms with E-state index in [-0.39, 0.29) is 5.69 Å². The Balaban J connectivity index is 2.21. The molecule has 0 amide bonds. The lowest BCUT2D eigenvalue weighted by Gasteiger charge is -2.08. The summed E-state index contributed by atoms with van der Waals surface area (Å²) in [6.45, 7) is 0.319. The minimum Gasteiger partial charge on any atom is -0.381 e. The first-order chi connectivity index (χ1) is 8.68. The van der Waals surface area contributed by atoms with Gasteiger partial charge in [-0.3, -0.25) is 10.1 Å². The molecule has 0 spiro atoms. The fourth-order valence-electron chi connectivity index (χ4n) is 1.64. The van der Waals surface area contributed by atoms with Crippen molar-refractivity contribution in [1.82, 2.24) is 0 Å². The van der Waals surface area contributed by atoms with Gasteiger partial charge < -0.3 is 5.32 Å². The molecule has 2 aromatic rings. The second-order valence-corrected chi connectivity index (χ2v) is 4.12. The van der Waals surface area contributed by atoms with Crippen LogP contribution >= 0.6 is 11.6 Å². The van der Waals surface area contributed by atoms with Gasteiger partial charge in [-0.05, 0) is 18.2 Å². The van der Waals surface area contributed by atoms with E-state index < -0.39 is 4.92 Å². The maximum absolute atomic E-state index is 10.9. The van der Waals surface area contributed by atoms with E-state index in [0.29, 0.717) is 17.1 Å². The molecule has 0 atom stereocenters. The number of nitro groups is 1. The van der Waals surface area contributed by atoms with Crippen molar-refractivity contribution in [3.05, 3.63) is 69.2 Å². The molecule has 2 rings (SSSR count). The largest absolute Gasteiger partial charge is 0.381 e. The highest BCUT2D eigenvalue weighted by atomic mass is 35.5. The summed E-state index contributed by atoms with van der Waals surface area (Å²) < 4.78 is 0. The van der Waals surface area contributed by atoms with E-state index in [0.717, 1.165) is 5.69 Å². The van der Waals surface area contributed by atoms with Gasteiger partial charge in [-0.15, -0.1) is 0 Å². The van der Waals surface area contributed by atoms with Crippen LogP contribution in [0.15, 0.2) is 48.5 Å². The number of nitro benzene ring substituents is 1. The van der Waals surface area contributed by atoms with Gasteiger partial charge in [0.05, 0.1) is 15.5 Å². The van der Waals surface area contributed by atoms with E-state index in [9.17, 15) is 10.1 Å². The van der Waals surface area contributed by atoms with Crippen LogP contribution in [0.2, 0.25) is 5.02 Å². The lowest BCUT2D eigenvalue weighted by molar-refractivity contribution is -0.385. The van der Waals surface area contributed by atoms with Crippen LogP contribution in [0.25, 0.3) is 0 Å². The summed E-state index contributed by atoms with van der Waals surface area (Å²) in [5.41, 5.74) is 1.42. The van der Waals surface area contributed by atoms with Crippen molar-refractivity contribution in [3.63, 3.8) is 0 Å². The molecule has 0 bridgehead atoms. The SMILES string of the molecule is O=[N+]([O-])c1cccc(Cl)c1CNc1ccccc1. The Bertz CT molecular complexity index is 558. The molecule has 4 nitrogen and oxygen atoms in total. The van der Waals surface area contributed by atoms with Gasteiger partial charge in [0.15, 0.2) is 0 Å². The second-order valence-electron chi connectivity index (χ2n) is 3.71. The van der Waals surface area contributed by atoms with Crippen LogP contribution in [-0.2, 0) is 6.54 Å². The highest BCUT2D eigenvalue weighted by molar-refractivity contribution is 6.31. The van der Waals surface area contributed by atoms with Crippen molar-refractivity contribution in [2.45, 2.75) is 6.54 Å². The van der Waals surface area contributed by atoms with Gasteiger partial charge in [-0.25, -0.2) is 0 Å². The Kier molecular flexibility index (Phi) is 3.79. The fourth-order valence-corrected chi connectivity index (χ4v) is 1.88. The van der Waals surface area contributed by atoms with E-state index in [4.69, 9.17) is 11.6 Å². The zero-order valence-corrected chi connectivity index (χ0v) is 10.2. The van der Waals surface area contributed by atoms with Crippen molar-refractivity contribution in [3.8, 4) is 0 Å². The average Bonchev–Trinajstić information content (AvgIpc) is 2.38. The molecule has 0 heterocycles. The minimum absolute atomic E-state index is 0.0333. The van der Waals surface area contributed by atoms with Gasteiger partial charge in [0.25, 0.3) is 5.69 Å². The maximum atomic E-state index is 10.9. The summed E-state index contributed by atoms with van der Waals surface area (Å²) in [7, 11) is 0. The number of benzene rings is 2. The van der Waals surface area contributed by atoms with Crippen molar-refractivity contribution in [2.75, 3.05) is 5.32 Å². The zero-order chi connectivity index (χ0) is 13.0. The highest BCUT2D eigenvalue weighted by Gasteiger charge is 2.15. The number of rotatable bonds is 4.